The molecule has 44 valence electrons. The SMILES string of the molecule is NC(CF)C(F)F. The molecule has 0 aliphatic carbocycles. The topological polar surface area (TPSA) is 26.0 Å². The van der Waals surface area contributed by atoms with Gasteiger partial charge in [0.15, 0.2) is 0 Å². The maximum absolute atomic E-state index is 11.1. The zero-order chi connectivity index (χ0) is 5.86. The molecule has 0 fully saturated rings. The average molecular weight is 113 g/mol. The summed E-state index contributed by atoms with van der Waals surface area (Å²) in [5, 5.41) is 0. The number of hydrogen-bond donors (Lipinski definition) is 1. The van der Waals surface area contributed by atoms with E-state index in [1.807, 2.05) is 0 Å². The minimum atomic E-state index is -2.73. The molecule has 2 N–H and O–H groups in total. The van der Waals surface area contributed by atoms with Crippen molar-refractivity contribution in [3.63, 3.8) is 0 Å². The molecule has 0 aromatic heterocycles. The van der Waals surface area contributed by atoms with Gasteiger partial charge in [0.1, 0.15) is 6.67 Å². The summed E-state index contributed by atoms with van der Waals surface area (Å²) in [7, 11) is 0. The van der Waals surface area contributed by atoms with Crippen molar-refractivity contribution in [3.05, 3.63) is 0 Å². The predicted molar refractivity (Wildman–Crippen MR) is 20.0 cm³/mol. The van der Waals surface area contributed by atoms with E-state index in [1.165, 1.54) is 0 Å². The molecule has 0 aliphatic heterocycles. The lowest BCUT2D eigenvalue weighted by Crippen LogP contribution is -2.30. The first-order valence-electron chi connectivity index (χ1n) is 1.78. The van der Waals surface area contributed by atoms with Crippen molar-refractivity contribution < 1.29 is 13.2 Å². The predicted octanol–water partition coefficient (Wildman–Crippen LogP) is 0.548. The van der Waals surface area contributed by atoms with Crippen LogP contribution >= 0.6 is 0 Å². The molecular weight excluding hydrogens is 107 g/mol. The lowest BCUT2D eigenvalue weighted by molar-refractivity contribution is 0.103. The monoisotopic (exact) mass is 113 g/mol. The minimum absolute atomic E-state index is 1.16. The van der Waals surface area contributed by atoms with Gasteiger partial charge in [-0.3, -0.25) is 0 Å². The van der Waals surface area contributed by atoms with E-state index in [0.29, 0.717) is 0 Å². The summed E-state index contributed by atoms with van der Waals surface area (Å²) in [6.45, 7) is -1.16. The lowest BCUT2D eigenvalue weighted by Gasteiger charge is -2.01. The molecule has 1 nitrogen and oxygen atoms in total. The number of alkyl halides is 3. The van der Waals surface area contributed by atoms with Crippen molar-refractivity contribution in [1.29, 1.82) is 0 Å². The van der Waals surface area contributed by atoms with Gasteiger partial charge in [-0.15, -0.1) is 0 Å². The minimum Gasteiger partial charge on any atom is -0.321 e. The Labute approximate surface area is 39.3 Å². The first kappa shape index (κ1) is 6.75. The third-order valence-electron chi connectivity index (χ3n) is 0.502. The highest BCUT2D eigenvalue weighted by atomic mass is 19.3. The molecule has 0 aromatic rings. The lowest BCUT2D eigenvalue weighted by atomic mass is 10.4. The van der Waals surface area contributed by atoms with Gasteiger partial charge >= 0.3 is 0 Å². The van der Waals surface area contributed by atoms with Gasteiger partial charge < -0.3 is 5.73 Å². The van der Waals surface area contributed by atoms with Crippen molar-refractivity contribution in [1.82, 2.24) is 0 Å². The molecular formula is C3H6F3N. The van der Waals surface area contributed by atoms with Crippen LogP contribution in [0.4, 0.5) is 13.2 Å². The zero-order valence-electron chi connectivity index (χ0n) is 3.57. The zero-order valence-corrected chi connectivity index (χ0v) is 3.57. The highest BCUT2D eigenvalue weighted by molar-refractivity contribution is 4.59. The molecule has 0 saturated carbocycles. The number of hydrogen-bond acceptors (Lipinski definition) is 1. The van der Waals surface area contributed by atoms with Crippen molar-refractivity contribution in [3.8, 4) is 0 Å². The molecule has 0 radical (unpaired) electrons. The fraction of sp³-hybridized carbons (Fsp3) is 1.00. The van der Waals surface area contributed by atoms with Crippen LogP contribution in [0, 0.1) is 0 Å². The Kier molecular flexibility index (Phi) is 2.75. The summed E-state index contributed by atoms with van der Waals surface area (Å²) in [6, 6.07) is -1.60. The van der Waals surface area contributed by atoms with E-state index in [0.717, 1.165) is 0 Å². The van der Waals surface area contributed by atoms with Crippen molar-refractivity contribution in [2.45, 2.75) is 12.5 Å². The highest BCUT2D eigenvalue weighted by Crippen LogP contribution is 1.96. The third kappa shape index (κ3) is 2.45. The van der Waals surface area contributed by atoms with Gasteiger partial charge in [-0.1, -0.05) is 0 Å². The molecule has 0 spiro atoms. The Bertz CT molecular complexity index is 47.4. The second-order valence-electron chi connectivity index (χ2n) is 1.15. The highest BCUT2D eigenvalue weighted by Gasteiger charge is 2.13. The van der Waals surface area contributed by atoms with Crippen molar-refractivity contribution >= 4 is 0 Å². The van der Waals surface area contributed by atoms with E-state index >= 15 is 0 Å². The van der Waals surface area contributed by atoms with Crippen LogP contribution in [0.3, 0.4) is 0 Å². The largest absolute Gasteiger partial charge is 0.321 e. The van der Waals surface area contributed by atoms with E-state index in [4.69, 9.17) is 0 Å². The Hall–Kier alpha value is -0.250. The van der Waals surface area contributed by atoms with E-state index < -0.39 is 19.1 Å². The Morgan fingerprint density at radius 2 is 1.86 bits per heavy atom. The van der Waals surface area contributed by atoms with Crippen molar-refractivity contribution in [2.75, 3.05) is 6.67 Å². The summed E-state index contributed by atoms with van der Waals surface area (Å²) < 4.78 is 33.2. The van der Waals surface area contributed by atoms with Gasteiger partial charge in [-0.05, 0) is 0 Å². The van der Waals surface area contributed by atoms with Gasteiger partial charge in [0.2, 0.25) is 0 Å². The number of nitrogens with two attached hydrogens (primary N) is 1. The van der Waals surface area contributed by atoms with Crippen LogP contribution in [-0.4, -0.2) is 19.1 Å². The molecule has 1 atom stereocenters. The maximum atomic E-state index is 11.1. The van der Waals surface area contributed by atoms with Gasteiger partial charge in [-0.25, -0.2) is 13.2 Å². The fourth-order valence-corrected chi connectivity index (χ4v) is 0.0673. The molecule has 0 bridgehead atoms. The van der Waals surface area contributed by atoms with Gasteiger partial charge in [0, 0.05) is 0 Å². The standard InChI is InChI=1S/C3H6F3N/c4-1-2(7)3(5)6/h2-3H,1,7H2. The van der Waals surface area contributed by atoms with Crippen LogP contribution in [0.2, 0.25) is 0 Å². The Morgan fingerprint density at radius 3 is 1.86 bits per heavy atom. The first-order chi connectivity index (χ1) is 3.18. The molecule has 7 heavy (non-hydrogen) atoms. The molecule has 0 heterocycles. The van der Waals surface area contributed by atoms with E-state index in [1.54, 1.807) is 0 Å². The van der Waals surface area contributed by atoms with Crippen LogP contribution in [0.5, 0.6) is 0 Å². The van der Waals surface area contributed by atoms with Gasteiger partial charge in [0.25, 0.3) is 6.43 Å². The summed E-state index contributed by atoms with van der Waals surface area (Å²) >= 11 is 0. The third-order valence-corrected chi connectivity index (χ3v) is 0.502. The first-order valence-corrected chi connectivity index (χ1v) is 1.78. The summed E-state index contributed by atoms with van der Waals surface area (Å²) in [5.74, 6) is 0. The average Bonchev–Trinajstić information content (AvgIpc) is 1.65. The van der Waals surface area contributed by atoms with Crippen molar-refractivity contribution in [2.24, 2.45) is 5.73 Å². The summed E-state index contributed by atoms with van der Waals surface area (Å²) in [4.78, 5) is 0. The number of rotatable bonds is 2. The molecule has 0 amide bonds. The Balaban J connectivity index is 3.14. The normalized spacial score (nSPS) is 15.0. The van der Waals surface area contributed by atoms with E-state index in [2.05, 4.69) is 5.73 Å². The van der Waals surface area contributed by atoms with Gasteiger partial charge in [-0.2, -0.15) is 0 Å². The van der Waals surface area contributed by atoms with Gasteiger partial charge in [0.05, 0.1) is 6.04 Å². The molecule has 0 rings (SSSR count). The molecule has 0 saturated heterocycles. The Morgan fingerprint density at radius 1 is 1.43 bits per heavy atom. The maximum Gasteiger partial charge on any atom is 0.256 e. The smallest absolute Gasteiger partial charge is 0.256 e. The molecule has 4 heteroatoms. The van der Waals surface area contributed by atoms with Crippen LogP contribution in [-0.2, 0) is 0 Å². The van der Waals surface area contributed by atoms with Crippen LogP contribution in [0.1, 0.15) is 0 Å². The fourth-order valence-electron chi connectivity index (χ4n) is 0.0673. The quantitative estimate of drug-likeness (QED) is 0.556. The summed E-state index contributed by atoms with van der Waals surface area (Å²) in [6.07, 6.45) is -2.73. The van der Waals surface area contributed by atoms with E-state index in [9.17, 15) is 13.2 Å². The molecule has 0 aliphatic rings. The van der Waals surface area contributed by atoms with E-state index in [-0.39, 0.29) is 0 Å². The van der Waals surface area contributed by atoms with Crippen LogP contribution in [0.25, 0.3) is 0 Å². The summed E-state index contributed by atoms with van der Waals surface area (Å²) in [5.41, 5.74) is 4.49. The number of halogens is 3. The molecule has 0 aromatic carbocycles. The second kappa shape index (κ2) is 2.85. The second-order valence-corrected chi connectivity index (χ2v) is 1.15. The van der Waals surface area contributed by atoms with Crippen LogP contribution < -0.4 is 5.73 Å². The van der Waals surface area contributed by atoms with Crippen LogP contribution in [0.15, 0.2) is 0 Å². The molecule has 1 unspecified atom stereocenters.